The first-order chi connectivity index (χ1) is 7.83. The summed E-state index contributed by atoms with van der Waals surface area (Å²) in [6.07, 6.45) is 5.58. The van der Waals surface area contributed by atoms with Crippen molar-refractivity contribution in [2.45, 2.75) is 12.8 Å². The summed E-state index contributed by atoms with van der Waals surface area (Å²) in [5.41, 5.74) is 0.930. The SMILES string of the molecule is OCC1(CNc2nccc3occc23)CC1. The van der Waals surface area contributed by atoms with Gasteiger partial charge in [0.2, 0.25) is 0 Å². The van der Waals surface area contributed by atoms with E-state index in [0.717, 1.165) is 36.2 Å². The van der Waals surface area contributed by atoms with Crippen molar-refractivity contribution in [3.63, 3.8) is 0 Å². The molecule has 0 saturated heterocycles. The zero-order valence-corrected chi connectivity index (χ0v) is 8.94. The lowest BCUT2D eigenvalue weighted by molar-refractivity contribution is 0.219. The van der Waals surface area contributed by atoms with E-state index in [1.54, 1.807) is 12.5 Å². The normalized spacial score (nSPS) is 17.6. The largest absolute Gasteiger partial charge is 0.464 e. The molecule has 0 atom stereocenters. The zero-order chi connectivity index (χ0) is 11.0. The molecule has 4 heteroatoms. The molecule has 84 valence electrons. The minimum absolute atomic E-state index is 0.0909. The van der Waals surface area contributed by atoms with E-state index in [9.17, 15) is 5.11 Å². The van der Waals surface area contributed by atoms with Crippen molar-refractivity contribution >= 4 is 16.8 Å². The van der Waals surface area contributed by atoms with Gasteiger partial charge in [0.25, 0.3) is 0 Å². The fourth-order valence-corrected chi connectivity index (χ4v) is 1.87. The van der Waals surface area contributed by atoms with Crippen LogP contribution in [0.15, 0.2) is 29.0 Å². The summed E-state index contributed by atoms with van der Waals surface area (Å²) in [7, 11) is 0. The van der Waals surface area contributed by atoms with Crippen molar-refractivity contribution in [3.05, 3.63) is 24.6 Å². The van der Waals surface area contributed by atoms with Crippen LogP contribution in [0.5, 0.6) is 0 Å². The van der Waals surface area contributed by atoms with Gasteiger partial charge >= 0.3 is 0 Å². The Morgan fingerprint density at radius 3 is 3.06 bits per heavy atom. The van der Waals surface area contributed by atoms with Gasteiger partial charge in [0.05, 0.1) is 18.3 Å². The van der Waals surface area contributed by atoms with Crippen molar-refractivity contribution in [3.8, 4) is 0 Å². The summed E-state index contributed by atoms with van der Waals surface area (Å²) in [5, 5.41) is 13.5. The Labute approximate surface area is 93.3 Å². The summed E-state index contributed by atoms with van der Waals surface area (Å²) in [6.45, 7) is 1.03. The molecule has 2 aromatic rings. The van der Waals surface area contributed by atoms with Gasteiger partial charge in [0, 0.05) is 18.2 Å². The molecule has 3 rings (SSSR count). The molecule has 4 nitrogen and oxygen atoms in total. The molecule has 1 saturated carbocycles. The van der Waals surface area contributed by atoms with E-state index in [2.05, 4.69) is 10.3 Å². The van der Waals surface area contributed by atoms with Gasteiger partial charge < -0.3 is 14.8 Å². The zero-order valence-electron chi connectivity index (χ0n) is 8.94. The number of rotatable bonds is 4. The lowest BCUT2D eigenvalue weighted by atomic mass is 10.1. The highest BCUT2D eigenvalue weighted by Gasteiger charge is 2.41. The molecule has 0 radical (unpaired) electrons. The monoisotopic (exact) mass is 218 g/mol. The molecule has 1 aliphatic rings. The van der Waals surface area contributed by atoms with E-state index in [0.29, 0.717) is 0 Å². The van der Waals surface area contributed by atoms with Crippen LogP contribution in [0, 0.1) is 5.41 Å². The van der Waals surface area contributed by atoms with Crippen LogP contribution in [0.25, 0.3) is 11.0 Å². The Hall–Kier alpha value is -1.55. The second-order valence-electron chi connectivity index (χ2n) is 4.50. The maximum atomic E-state index is 9.23. The molecule has 0 bridgehead atoms. The van der Waals surface area contributed by atoms with Crippen LogP contribution in [0.4, 0.5) is 5.82 Å². The van der Waals surface area contributed by atoms with Crippen LogP contribution in [-0.2, 0) is 0 Å². The molecular weight excluding hydrogens is 204 g/mol. The van der Waals surface area contributed by atoms with E-state index < -0.39 is 0 Å². The molecule has 0 spiro atoms. The van der Waals surface area contributed by atoms with E-state index in [4.69, 9.17) is 4.42 Å². The van der Waals surface area contributed by atoms with Crippen LogP contribution >= 0.6 is 0 Å². The third kappa shape index (κ3) is 1.55. The van der Waals surface area contributed by atoms with Crippen molar-refractivity contribution in [1.82, 2.24) is 4.98 Å². The van der Waals surface area contributed by atoms with Gasteiger partial charge in [-0.2, -0.15) is 0 Å². The van der Waals surface area contributed by atoms with Crippen molar-refractivity contribution in [2.24, 2.45) is 5.41 Å². The first-order valence-corrected chi connectivity index (χ1v) is 5.50. The highest BCUT2D eigenvalue weighted by molar-refractivity contribution is 5.87. The predicted octanol–water partition coefficient (Wildman–Crippen LogP) is 2.01. The van der Waals surface area contributed by atoms with Gasteiger partial charge in [-0.05, 0) is 25.0 Å². The van der Waals surface area contributed by atoms with Crippen LogP contribution in [0.1, 0.15) is 12.8 Å². The van der Waals surface area contributed by atoms with Gasteiger partial charge in [-0.1, -0.05) is 0 Å². The predicted molar refractivity (Wildman–Crippen MR) is 61.3 cm³/mol. The minimum atomic E-state index is 0.0909. The maximum absolute atomic E-state index is 9.23. The van der Waals surface area contributed by atoms with Crippen LogP contribution in [-0.4, -0.2) is 23.2 Å². The Morgan fingerprint density at radius 1 is 1.44 bits per heavy atom. The molecular formula is C12H14N2O2. The number of furan rings is 1. The lowest BCUT2D eigenvalue weighted by Gasteiger charge is -2.13. The molecule has 16 heavy (non-hydrogen) atoms. The third-order valence-electron chi connectivity index (χ3n) is 3.30. The van der Waals surface area contributed by atoms with Gasteiger partial charge in [0.1, 0.15) is 11.4 Å². The van der Waals surface area contributed by atoms with Crippen molar-refractivity contribution < 1.29 is 9.52 Å². The topological polar surface area (TPSA) is 58.3 Å². The summed E-state index contributed by atoms with van der Waals surface area (Å²) < 4.78 is 5.30. The number of aromatic nitrogens is 1. The highest BCUT2D eigenvalue weighted by Crippen LogP contribution is 2.45. The molecule has 2 aromatic heterocycles. The number of pyridine rings is 1. The van der Waals surface area contributed by atoms with Crippen LogP contribution in [0.2, 0.25) is 0 Å². The van der Waals surface area contributed by atoms with Gasteiger partial charge in [0.15, 0.2) is 0 Å². The van der Waals surface area contributed by atoms with E-state index in [1.165, 1.54) is 0 Å². The number of nitrogens with one attached hydrogen (secondary N) is 1. The van der Waals surface area contributed by atoms with Gasteiger partial charge in [-0.15, -0.1) is 0 Å². The van der Waals surface area contributed by atoms with E-state index >= 15 is 0 Å². The van der Waals surface area contributed by atoms with Crippen LogP contribution < -0.4 is 5.32 Å². The molecule has 0 unspecified atom stereocenters. The molecule has 2 N–H and O–H groups in total. The Balaban J connectivity index is 1.81. The third-order valence-corrected chi connectivity index (χ3v) is 3.30. The number of aliphatic hydroxyl groups excluding tert-OH is 1. The minimum Gasteiger partial charge on any atom is -0.464 e. The maximum Gasteiger partial charge on any atom is 0.139 e. The summed E-state index contributed by atoms with van der Waals surface area (Å²) in [6, 6.07) is 3.75. The average molecular weight is 218 g/mol. The molecule has 1 aliphatic carbocycles. The van der Waals surface area contributed by atoms with Gasteiger partial charge in [-0.3, -0.25) is 0 Å². The van der Waals surface area contributed by atoms with Crippen molar-refractivity contribution in [1.29, 1.82) is 0 Å². The summed E-state index contributed by atoms with van der Waals surface area (Å²) in [4.78, 5) is 4.29. The smallest absolute Gasteiger partial charge is 0.139 e. The summed E-state index contributed by atoms with van der Waals surface area (Å²) in [5.74, 6) is 0.839. The lowest BCUT2D eigenvalue weighted by Crippen LogP contribution is -2.19. The molecule has 0 amide bonds. The number of hydrogen-bond donors (Lipinski definition) is 2. The van der Waals surface area contributed by atoms with Crippen molar-refractivity contribution in [2.75, 3.05) is 18.5 Å². The Kier molecular flexibility index (Phi) is 2.11. The number of aliphatic hydroxyl groups is 1. The highest BCUT2D eigenvalue weighted by atomic mass is 16.3. The number of fused-ring (bicyclic) bond motifs is 1. The average Bonchev–Trinajstić information content (AvgIpc) is 2.94. The first-order valence-electron chi connectivity index (χ1n) is 5.50. The fraction of sp³-hybridized carbons (Fsp3) is 0.417. The molecule has 1 fully saturated rings. The van der Waals surface area contributed by atoms with Crippen LogP contribution in [0.3, 0.4) is 0 Å². The fourth-order valence-electron chi connectivity index (χ4n) is 1.87. The molecule has 2 heterocycles. The number of nitrogens with zero attached hydrogens (tertiary/aromatic N) is 1. The summed E-state index contributed by atoms with van der Waals surface area (Å²) >= 11 is 0. The van der Waals surface area contributed by atoms with E-state index in [-0.39, 0.29) is 12.0 Å². The van der Waals surface area contributed by atoms with E-state index in [1.807, 2.05) is 12.1 Å². The number of anilines is 1. The Morgan fingerprint density at radius 2 is 2.31 bits per heavy atom. The second-order valence-corrected chi connectivity index (χ2v) is 4.50. The first kappa shape index (κ1) is 9.66. The Bertz CT molecular complexity index is 502. The number of hydrogen-bond acceptors (Lipinski definition) is 4. The van der Waals surface area contributed by atoms with Gasteiger partial charge in [-0.25, -0.2) is 4.98 Å². The standard InChI is InChI=1S/C12H14N2O2/c15-8-12(3-4-12)7-14-11-9-2-6-16-10(9)1-5-13-11/h1-2,5-6,15H,3-4,7-8H2,(H,13,14). The molecule has 0 aliphatic heterocycles. The molecule has 0 aromatic carbocycles. The quantitative estimate of drug-likeness (QED) is 0.824. The second kappa shape index (κ2) is 3.49.